The Morgan fingerprint density at radius 3 is 2.59 bits per heavy atom. The molecular formula is C23H20FN5O3. The van der Waals surface area contributed by atoms with Gasteiger partial charge in [0.25, 0.3) is 5.91 Å². The minimum Gasteiger partial charge on any atom is -0.348 e. The van der Waals surface area contributed by atoms with E-state index in [1.165, 1.54) is 40.9 Å². The maximum Gasteiger partial charge on any atom is 0.350 e. The second-order valence-corrected chi connectivity index (χ2v) is 7.31. The number of benzene rings is 2. The fourth-order valence-corrected chi connectivity index (χ4v) is 3.15. The van der Waals surface area contributed by atoms with E-state index in [1.807, 2.05) is 31.2 Å². The van der Waals surface area contributed by atoms with Crippen molar-refractivity contribution in [3.8, 4) is 0 Å². The van der Waals surface area contributed by atoms with Crippen molar-refractivity contribution >= 4 is 23.1 Å². The highest BCUT2D eigenvalue weighted by Gasteiger charge is 2.14. The van der Waals surface area contributed by atoms with Gasteiger partial charge in [0, 0.05) is 18.4 Å². The lowest BCUT2D eigenvalue weighted by atomic mass is 10.1. The summed E-state index contributed by atoms with van der Waals surface area (Å²) < 4.78 is 15.5. The first-order chi connectivity index (χ1) is 15.4. The maximum absolute atomic E-state index is 13.3. The Kier molecular flexibility index (Phi) is 5.80. The third-order valence-electron chi connectivity index (χ3n) is 4.81. The average molecular weight is 433 g/mol. The zero-order valence-corrected chi connectivity index (χ0v) is 17.2. The number of rotatable bonds is 6. The van der Waals surface area contributed by atoms with Gasteiger partial charge >= 0.3 is 5.69 Å². The monoisotopic (exact) mass is 433 g/mol. The van der Waals surface area contributed by atoms with Crippen LogP contribution in [0.1, 0.15) is 21.5 Å². The third-order valence-corrected chi connectivity index (χ3v) is 4.81. The van der Waals surface area contributed by atoms with E-state index in [9.17, 15) is 18.8 Å². The van der Waals surface area contributed by atoms with Crippen molar-refractivity contribution in [2.75, 3.05) is 5.32 Å². The van der Waals surface area contributed by atoms with Crippen LogP contribution in [-0.4, -0.2) is 26.0 Å². The molecule has 2 aromatic carbocycles. The molecule has 0 atom stereocenters. The number of aryl methyl sites for hydroxylation is 1. The SMILES string of the molecule is Cc1ccc(CNC(=O)c2ccc3nn(CC(=O)Nc4cccc(F)c4)c(=O)n3c2)cc1. The molecule has 0 aliphatic rings. The lowest BCUT2D eigenvalue weighted by Crippen LogP contribution is -2.28. The predicted octanol–water partition coefficient (Wildman–Crippen LogP) is 2.51. The minimum atomic E-state index is -0.567. The number of hydrogen-bond acceptors (Lipinski definition) is 4. The smallest absolute Gasteiger partial charge is 0.348 e. The van der Waals surface area contributed by atoms with Gasteiger partial charge in [-0.3, -0.25) is 9.59 Å². The standard InChI is InChI=1S/C23H20FN5O3/c1-15-5-7-16(8-6-15)12-25-22(31)17-9-10-20-27-29(23(32)28(20)13-17)14-21(30)26-19-4-2-3-18(24)11-19/h2-11,13H,12,14H2,1H3,(H,25,31)(H,26,30). The molecular weight excluding hydrogens is 413 g/mol. The summed E-state index contributed by atoms with van der Waals surface area (Å²) in [5.74, 6) is -1.35. The number of anilines is 1. The van der Waals surface area contributed by atoms with Crippen LogP contribution in [0.2, 0.25) is 0 Å². The highest BCUT2D eigenvalue weighted by atomic mass is 19.1. The fourth-order valence-electron chi connectivity index (χ4n) is 3.15. The largest absolute Gasteiger partial charge is 0.350 e. The quantitative estimate of drug-likeness (QED) is 0.488. The lowest BCUT2D eigenvalue weighted by molar-refractivity contribution is -0.117. The molecule has 9 heteroatoms. The summed E-state index contributed by atoms with van der Waals surface area (Å²) in [4.78, 5) is 37.4. The van der Waals surface area contributed by atoms with E-state index in [2.05, 4.69) is 15.7 Å². The molecule has 0 unspecified atom stereocenters. The fraction of sp³-hybridized carbons (Fsp3) is 0.130. The number of carbonyl (C=O) groups is 2. The van der Waals surface area contributed by atoms with Gasteiger partial charge in [-0.1, -0.05) is 35.9 Å². The van der Waals surface area contributed by atoms with Crippen molar-refractivity contribution in [2.45, 2.75) is 20.0 Å². The van der Waals surface area contributed by atoms with Gasteiger partial charge in [0.15, 0.2) is 5.65 Å². The maximum atomic E-state index is 13.3. The summed E-state index contributed by atoms with van der Waals surface area (Å²) in [6, 6.07) is 16.3. The van der Waals surface area contributed by atoms with Crippen molar-refractivity contribution in [1.29, 1.82) is 0 Å². The first kappa shape index (κ1) is 21.0. The van der Waals surface area contributed by atoms with E-state index in [0.717, 1.165) is 15.8 Å². The number of amides is 2. The van der Waals surface area contributed by atoms with Crippen molar-refractivity contribution in [2.24, 2.45) is 0 Å². The molecule has 0 fully saturated rings. The Balaban J connectivity index is 1.46. The molecule has 2 amide bonds. The van der Waals surface area contributed by atoms with Crippen molar-refractivity contribution in [3.05, 3.63) is 99.9 Å². The molecule has 0 saturated heterocycles. The molecule has 2 N–H and O–H groups in total. The zero-order chi connectivity index (χ0) is 22.7. The number of nitrogens with zero attached hydrogens (tertiary/aromatic N) is 3. The molecule has 2 heterocycles. The number of carbonyl (C=O) groups excluding carboxylic acids is 2. The molecule has 32 heavy (non-hydrogen) atoms. The van der Waals surface area contributed by atoms with Crippen LogP contribution in [0.4, 0.5) is 10.1 Å². The lowest BCUT2D eigenvalue weighted by Gasteiger charge is -2.06. The molecule has 2 aromatic heterocycles. The van der Waals surface area contributed by atoms with E-state index in [-0.39, 0.29) is 23.7 Å². The van der Waals surface area contributed by atoms with Crippen LogP contribution in [0, 0.1) is 12.7 Å². The second-order valence-electron chi connectivity index (χ2n) is 7.31. The Hall–Kier alpha value is -4.27. The average Bonchev–Trinajstić information content (AvgIpc) is 3.07. The Bertz CT molecular complexity index is 1360. The molecule has 4 rings (SSSR count). The number of fused-ring (bicyclic) bond motifs is 1. The van der Waals surface area contributed by atoms with Crippen LogP contribution >= 0.6 is 0 Å². The Morgan fingerprint density at radius 2 is 1.84 bits per heavy atom. The minimum absolute atomic E-state index is 0.277. The van der Waals surface area contributed by atoms with Gasteiger partial charge in [0.2, 0.25) is 5.91 Å². The highest BCUT2D eigenvalue weighted by Crippen LogP contribution is 2.09. The first-order valence-corrected chi connectivity index (χ1v) is 9.87. The van der Waals surface area contributed by atoms with Crippen LogP contribution in [0.15, 0.2) is 71.7 Å². The third kappa shape index (κ3) is 4.72. The summed E-state index contributed by atoms with van der Waals surface area (Å²) in [7, 11) is 0. The van der Waals surface area contributed by atoms with Crippen LogP contribution in [0.3, 0.4) is 0 Å². The number of hydrogen-bond donors (Lipinski definition) is 2. The van der Waals surface area contributed by atoms with Crippen molar-refractivity contribution in [1.82, 2.24) is 19.5 Å². The summed E-state index contributed by atoms with van der Waals surface area (Å²) >= 11 is 0. The Labute approximate surface area is 182 Å². The van der Waals surface area contributed by atoms with Crippen LogP contribution < -0.4 is 16.3 Å². The van der Waals surface area contributed by atoms with Gasteiger partial charge in [-0.25, -0.2) is 18.3 Å². The zero-order valence-electron chi connectivity index (χ0n) is 17.2. The normalized spacial score (nSPS) is 10.8. The molecule has 8 nitrogen and oxygen atoms in total. The van der Waals surface area contributed by atoms with Crippen LogP contribution in [-0.2, 0) is 17.9 Å². The molecule has 0 aliphatic heterocycles. The number of pyridine rings is 1. The molecule has 0 aliphatic carbocycles. The Morgan fingerprint density at radius 1 is 1.06 bits per heavy atom. The predicted molar refractivity (Wildman–Crippen MR) is 117 cm³/mol. The molecule has 0 bridgehead atoms. The molecule has 162 valence electrons. The number of nitrogens with one attached hydrogen (secondary N) is 2. The summed E-state index contributed by atoms with van der Waals surface area (Å²) in [5.41, 5.74) is 2.38. The summed E-state index contributed by atoms with van der Waals surface area (Å²) in [5, 5.41) is 9.44. The van der Waals surface area contributed by atoms with E-state index in [1.54, 1.807) is 6.07 Å². The van der Waals surface area contributed by atoms with E-state index < -0.39 is 17.4 Å². The number of aromatic nitrogens is 3. The molecule has 4 aromatic rings. The van der Waals surface area contributed by atoms with Crippen molar-refractivity contribution < 1.29 is 14.0 Å². The highest BCUT2D eigenvalue weighted by molar-refractivity contribution is 5.94. The van der Waals surface area contributed by atoms with Gasteiger partial charge in [-0.15, -0.1) is 5.10 Å². The van der Waals surface area contributed by atoms with Gasteiger partial charge < -0.3 is 10.6 Å². The molecule has 0 saturated carbocycles. The second kappa shape index (κ2) is 8.84. The number of halogens is 1. The van der Waals surface area contributed by atoms with Crippen molar-refractivity contribution in [3.63, 3.8) is 0 Å². The van der Waals surface area contributed by atoms with E-state index in [4.69, 9.17) is 0 Å². The van der Waals surface area contributed by atoms with E-state index in [0.29, 0.717) is 12.2 Å². The summed E-state index contributed by atoms with van der Waals surface area (Å²) in [6.45, 7) is 1.98. The van der Waals surface area contributed by atoms with Gasteiger partial charge in [-0.05, 0) is 42.8 Å². The van der Waals surface area contributed by atoms with Crippen LogP contribution in [0.25, 0.3) is 5.65 Å². The van der Waals surface area contributed by atoms with Gasteiger partial charge in [0.1, 0.15) is 12.4 Å². The van der Waals surface area contributed by atoms with Gasteiger partial charge in [-0.2, -0.15) is 0 Å². The topological polar surface area (TPSA) is 97.5 Å². The van der Waals surface area contributed by atoms with E-state index >= 15 is 0 Å². The van der Waals surface area contributed by atoms with Gasteiger partial charge in [0.05, 0.1) is 5.56 Å². The molecule has 0 spiro atoms. The summed E-state index contributed by atoms with van der Waals surface area (Å²) in [6.07, 6.45) is 1.39. The van der Waals surface area contributed by atoms with Crippen LogP contribution in [0.5, 0.6) is 0 Å². The first-order valence-electron chi connectivity index (χ1n) is 9.87. The molecule has 0 radical (unpaired) electrons.